The van der Waals surface area contributed by atoms with E-state index < -0.39 is 25.5 Å². The van der Waals surface area contributed by atoms with E-state index in [1.54, 1.807) is 31.2 Å². The van der Waals surface area contributed by atoms with E-state index in [-0.39, 0.29) is 0 Å². The molecule has 8 heteroatoms. The molecular weight excluding hydrogens is 355 g/mol. The minimum atomic E-state index is -4.54. The van der Waals surface area contributed by atoms with Crippen LogP contribution in [0, 0.1) is 0 Å². The van der Waals surface area contributed by atoms with Gasteiger partial charge in [-0.25, -0.2) is 0 Å². The lowest BCUT2D eigenvalue weighted by Gasteiger charge is -2.27. The van der Waals surface area contributed by atoms with Crippen LogP contribution in [-0.4, -0.2) is 27.9 Å². The van der Waals surface area contributed by atoms with E-state index in [0.717, 1.165) is 5.56 Å². The van der Waals surface area contributed by atoms with Gasteiger partial charge in [-0.15, -0.1) is 0 Å². The first-order chi connectivity index (χ1) is 12.3. The van der Waals surface area contributed by atoms with E-state index >= 15 is 0 Å². The van der Waals surface area contributed by atoms with Gasteiger partial charge in [-0.05, 0) is 30.2 Å². The monoisotopic (exact) mass is 378 g/mol. The van der Waals surface area contributed by atoms with Gasteiger partial charge in [-0.3, -0.25) is 9.88 Å². The van der Waals surface area contributed by atoms with E-state index in [1.807, 2.05) is 30.3 Å². The zero-order valence-electron chi connectivity index (χ0n) is 14.4. The van der Waals surface area contributed by atoms with Crippen LogP contribution in [0.5, 0.6) is 5.75 Å². The zero-order valence-corrected chi connectivity index (χ0v) is 15.3. The van der Waals surface area contributed by atoms with Gasteiger partial charge in [0.05, 0.1) is 12.1 Å². The topological polar surface area (TPSA) is 122 Å². The van der Waals surface area contributed by atoms with E-state index in [2.05, 4.69) is 5.32 Å². The smallest absolute Gasteiger partial charge is 0.344 e. The lowest BCUT2D eigenvalue weighted by atomic mass is 10.1. The standard InChI is InChI=1S/C18H23N2O5P/c1-13(11-21)20-17(18(19)26(22,23)24)15-7-9-16(10-8-15)25-12-14-5-3-2-4-6-14/h2-11,13,17-18,20H,12,19H2,1H3,(H2,22,23,24)/t13-,17?,18?/m0/s1. The van der Waals surface area contributed by atoms with Crippen molar-refractivity contribution in [3.05, 3.63) is 65.7 Å². The molecule has 2 aromatic carbocycles. The highest BCUT2D eigenvalue weighted by Gasteiger charge is 2.34. The molecule has 0 aliphatic rings. The fourth-order valence-electron chi connectivity index (χ4n) is 2.42. The molecule has 0 fully saturated rings. The molecule has 7 nitrogen and oxygen atoms in total. The molecule has 5 N–H and O–H groups in total. The molecule has 0 saturated carbocycles. The highest BCUT2D eigenvalue weighted by Crippen LogP contribution is 2.44. The molecular formula is C18H23N2O5P. The van der Waals surface area contributed by atoms with Crippen molar-refractivity contribution in [3.63, 3.8) is 0 Å². The molecule has 0 heterocycles. The molecule has 0 radical (unpaired) electrons. The molecule has 2 rings (SSSR count). The first-order valence-electron chi connectivity index (χ1n) is 8.10. The summed E-state index contributed by atoms with van der Waals surface area (Å²) < 4.78 is 17.3. The lowest BCUT2D eigenvalue weighted by Crippen LogP contribution is -2.42. The number of hydrogen-bond acceptors (Lipinski definition) is 5. The van der Waals surface area contributed by atoms with Crippen LogP contribution >= 0.6 is 7.60 Å². The van der Waals surface area contributed by atoms with Gasteiger partial charge in [0.25, 0.3) is 0 Å². The largest absolute Gasteiger partial charge is 0.489 e. The van der Waals surface area contributed by atoms with Gasteiger partial charge in [0.1, 0.15) is 24.4 Å². The summed E-state index contributed by atoms with van der Waals surface area (Å²) in [6.45, 7) is 2.00. The maximum absolute atomic E-state index is 11.6. The first kappa shape index (κ1) is 20.3. The maximum atomic E-state index is 11.6. The van der Waals surface area contributed by atoms with E-state index in [0.29, 0.717) is 24.2 Å². The number of carbonyl (C=O) groups excluding carboxylic acids is 1. The third-order valence-electron chi connectivity index (χ3n) is 3.86. The van der Waals surface area contributed by atoms with Crippen LogP contribution in [0.1, 0.15) is 24.1 Å². The van der Waals surface area contributed by atoms with E-state index in [9.17, 15) is 19.1 Å². The van der Waals surface area contributed by atoms with Crippen LogP contribution in [-0.2, 0) is 16.0 Å². The molecule has 0 aliphatic heterocycles. The highest BCUT2D eigenvalue weighted by atomic mass is 31.2. The molecule has 26 heavy (non-hydrogen) atoms. The van der Waals surface area contributed by atoms with Crippen LogP contribution in [0.4, 0.5) is 0 Å². The number of ether oxygens (including phenoxy) is 1. The average Bonchev–Trinajstić information content (AvgIpc) is 2.64. The number of rotatable bonds is 9. The minimum absolute atomic E-state index is 0.409. The SMILES string of the molecule is C[C@@H](C=O)NC(c1ccc(OCc2ccccc2)cc1)C(N)P(=O)(O)O. The van der Waals surface area contributed by atoms with Crippen LogP contribution in [0.25, 0.3) is 0 Å². The summed E-state index contributed by atoms with van der Waals surface area (Å²) in [5.41, 5.74) is 7.31. The van der Waals surface area contributed by atoms with Gasteiger partial charge < -0.3 is 25.1 Å². The number of benzene rings is 2. The van der Waals surface area contributed by atoms with Crippen molar-refractivity contribution in [2.45, 2.75) is 31.4 Å². The van der Waals surface area contributed by atoms with Crippen molar-refractivity contribution < 1.29 is 23.9 Å². The number of aldehydes is 1. The Morgan fingerprint density at radius 1 is 1.15 bits per heavy atom. The van der Waals surface area contributed by atoms with Crippen molar-refractivity contribution in [3.8, 4) is 5.75 Å². The summed E-state index contributed by atoms with van der Waals surface area (Å²) >= 11 is 0. The van der Waals surface area contributed by atoms with Crippen molar-refractivity contribution >= 4 is 13.9 Å². The Morgan fingerprint density at radius 3 is 2.31 bits per heavy atom. The number of hydrogen-bond donors (Lipinski definition) is 4. The molecule has 0 aromatic heterocycles. The summed E-state index contributed by atoms with van der Waals surface area (Å²) in [5, 5.41) is 2.84. The molecule has 0 spiro atoms. The van der Waals surface area contributed by atoms with Gasteiger partial charge in [-0.1, -0.05) is 42.5 Å². The maximum Gasteiger partial charge on any atom is 0.344 e. The summed E-state index contributed by atoms with van der Waals surface area (Å²) in [7, 11) is -4.54. The van der Waals surface area contributed by atoms with Gasteiger partial charge in [0, 0.05) is 0 Å². The third kappa shape index (κ3) is 5.76. The predicted octanol–water partition coefficient (Wildman–Crippen LogP) is 1.95. The molecule has 2 unspecified atom stereocenters. The van der Waals surface area contributed by atoms with Crippen LogP contribution < -0.4 is 15.8 Å². The zero-order chi connectivity index (χ0) is 19.2. The fraction of sp³-hybridized carbons (Fsp3) is 0.278. The number of nitrogens with one attached hydrogen (secondary N) is 1. The van der Waals surface area contributed by atoms with Crippen molar-refractivity contribution in [2.75, 3.05) is 0 Å². The lowest BCUT2D eigenvalue weighted by molar-refractivity contribution is -0.109. The van der Waals surface area contributed by atoms with Gasteiger partial charge in [0.2, 0.25) is 0 Å². The fourth-order valence-corrected chi connectivity index (χ4v) is 3.07. The second-order valence-electron chi connectivity index (χ2n) is 5.99. The first-order valence-corrected chi connectivity index (χ1v) is 9.78. The number of carbonyl (C=O) groups is 1. The van der Waals surface area contributed by atoms with Gasteiger partial charge >= 0.3 is 7.60 Å². The van der Waals surface area contributed by atoms with Crippen LogP contribution in [0.15, 0.2) is 54.6 Å². The van der Waals surface area contributed by atoms with Crippen molar-refractivity contribution in [1.82, 2.24) is 5.32 Å². The average molecular weight is 378 g/mol. The Labute approximate surface area is 152 Å². The number of nitrogens with two attached hydrogens (primary N) is 1. The molecule has 3 atom stereocenters. The summed E-state index contributed by atoms with van der Waals surface area (Å²) in [5.74, 6) is -0.856. The molecule has 0 aliphatic carbocycles. The van der Waals surface area contributed by atoms with Gasteiger partial charge in [0.15, 0.2) is 0 Å². The second-order valence-corrected chi connectivity index (χ2v) is 7.77. The summed E-state index contributed by atoms with van der Waals surface area (Å²) in [4.78, 5) is 29.7. The van der Waals surface area contributed by atoms with Crippen LogP contribution in [0.3, 0.4) is 0 Å². The van der Waals surface area contributed by atoms with E-state index in [4.69, 9.17) is 10.5 Å². The Bertz CT molecular complexity index is 748. The van der Waals surface area contributed by atoms with Crippen molar-refractivity contribution in [1.29, 1.82) is 0 Å². The van der Waals surface area contributed by atoms with Crippen molar-refractivity contribution in [2.24, 2.45) is 5.73 Å². The molecule has 0 amide bonds. The summed E-state index contributed by atoms with van der Waals surface area (Å²) in [6.07, 6.45) is 0.650. The van der Waals surface area contributed by atoms with Gasteiger partial charge in [-0.2, -0.15) is 0 Å². The molecule has 0 saturated heterocycles. The molecule has 2 aromatic rings. The normalized spacial score (nSPS) is 15.1. The molecule has 140 valence electrons. The summed E-state index contributed by atoms with van der Waals surface area (Å²) in [6, 6.07) is 14.9. The Kier molecular flexibility index (Phi) is 7.08. The quantitative estimate of drug-likeness (QED) is 0.389. The Balaban J connectivity index is 2.13. The van der Waals surface area contributed by atoms with E-state index in [1.165, 1.54) is 0 Å². The minimum Gasteiger partial charge on any atom is -0.489 e. The highest BCUT2D eigenvalue weighted by molar-refractivity contribution is 7.52. The Morgan fingerprint density at radius 2 is 1.77 bits per heavy atom. The second kappa shape index (κ2) is 9.07. The predicted molar refractivity (Wildman–Crippen MR) is 98.6 cm³/mol. The molecule has 0 bridgehead atoms. The third-order valence-corrected chi connectivity index (χ3v) is 4.94. The van der Waals surface area contributed by atoms with Crippen LogP contribution in [0.2, 0.25) is 0 Å². The Hall–Kier alpha value is -2.02.